The summed E-state index contributed by atoms with van der Waals surface area (Å²) in [5.74, 6) is 0. The highest BCUT2D eigenvalue weighted by atomic mass is 15.1. The molecule has 0 aliphatic rings. The van der Waals surface area contributed by atoms with Gasteiger partial charge in [-0.15, -0.1) is 0 Å². The molecule has 0 saturated heterocycles. The molecule has 0 bridgehead atoms. The number of rotatable bonds is 9. The van der Waals surface area contributed by atoms with Gasteiger partial charge in [0.05, 0.1) is 22.1 Å². The number of aromatic nitrogens is 2. The molecular formula is C66H45N3. The maximum absolute atomic E-state index is 2.38. The molecule has 324 valence electrons. The predicted molar refractivity (Wildman–Crippen MR) is 292 cm³/mol. The number of benzene rings is 11. The van der Waals surface area contributed by atoms with E-state index in [9.17, 15) is 0 Å². The van der Waals surface area contributed by atoms with Crippen LogP contribution in [0.2, 0.25) is 0 Å². The van der Waals surface area contributed by atoms with Gasteiger partial charge in [0, 0.05) is 50.0 Å². The van der Waals surface area contributed by atoms with Crippen molar-refractivity contribution in [2.24, 2.45) is 0 Å². The Bertz CT molecular complexity index is 3850. The number of hydrogen-bond acceptors (Lipinski definition) is 1. The monoisotopic (exact) mass is 879 g/mol. The highest BCUT2D eigenvalue weighted by Gasteiger charge is 2.18. The molecule has 0 N–H and O–H groups in total. The molecule has 13 aromatic rings. The van der Waals surface area contributed by atoms with Crippen LogP contribution in [0, 0.1) is 0 Å². The lowest BCUT2D eigenvalue weighted by Gasteiger charge is -2.26. The van der Waals surface area contributed by atoms with Crippen LogP contribution in [-0.4, -0.2) is 9.13 Å². The SMILES string of the molecule is c1ccc(-c2cc(-c3ccccc3)cc(-c3ccc(N(c4ccc(-c5ccc6c(c5)c5ccccc5n6-c5ccccc5)cc4)c4ccc(-n5c6ccccc6c6ccccc65)cc4)cc3)c2)cc1. The quantitative estimate of drug-likeness (QED) is 0.141. The molecule has 3 heteroatoms. The fourth-order valence-corrected chi connectivity index (χ4v) is 10.4. The Morgan fingerprint density at radius 2 is 0.522 bits per heavy atom. The van der Waals surface area contributed by atoms with Crippen LogP contribution in [0.15, 0.2) is 273 Å². The van der Waals surface area contributed by atoms with Crippen molar-refractivity contribution in [3.05, 3.63) is 273 Å². The van der Waals surface area contributed by atoms with E-state index >= 15 is 0 Å². The molecule has 69 heavy (non-hydrogen) atoms. The Morgan fingerprint density at radius 1 is 0.203 bits per heavy atom. The summed E-state index contributed by atoms with van der Waals surface area (Å²) in [6.45, 7) is 0. The van der Waals surface area contributed by atoms with Gasteiger partial charge in [-0.25, -0.2) is 0 Å². The van der Waals surface area contributed by atoms with Crippen LogP contribution >= 0.6 is 0 Å². The average molecular weight is 880 g/mol. The van der Waals surface area contributed by atoms with Gasteiger partial charge in [-0.05, 0) is 154 Å². The highest BCUT2D eigenvalue weighted by Crippen LogP contribution is 2.41. The molecule has 0 aliphatic carbocycles. The lowest BCUT2D eigenvalue weighted by Crippen LogP contribution is -2.10. The lowest BCUT2D eigenvalue weighted by atomic mass is 9.93. The number of fused-ring (bicyclic) bond motifs is 6. The molecule has 0 fully saturated rings. The fourth-order valence-electron chi connectivity index (χ4n) is 10.4. The van der Waals surface area contributed by atoms with Crippen LogP contribution in [0.4, 0.5) is 17.1 Å². The minimum Gasteiger partial charge on any atom is -0.311 e. The van der Waals surface area contributed by atoms with Gasteiger partial charge < -0.3 is 14.0 Å². The van der Waals surface area contributed by atoms with E-state index in [1.807, 2.05) is 0 Å². The van der Waals surface area contributed by atoms with Crippen molar-refractivity contribution in [3.8, 4) is 55.9 Å². The molecule has 0 radical (unpaired) electrons. The molecule has 0 spiro atoms. The Balaban J connectivity index is 0.906. The third-order valence-electron chi connectivity index (χ3n) is 13.7. The van der Waals surface area contributed by atoms with E-state index in [4.69, 9.17) is 0 Å². The van der Waals surface area contributed by atoms with Crippen LogP contribution in [0.1, 0.15) is 0 Å². The largest absolute Gasteiger partial charge is 0.311 e. The van der Waals surface area contributed by atoms with E-state index in [2.05, 4.69) is 287 Å². The average Bonchev–Trinajstić information content (AvgIpc) is 3.95. The van der Waals surface area contributed by atoms with Crippen LogP contribution in [-0.2, 0) is 0 Å². The van der Waals surface area contributed by atoms with Crippen molar-refractivity contribution in [1.29, 1.82) is 0 Å². The Labute approximate surface area is 401 Å². The maximum atomic E-state index is 2.38. The van der Waals surface area contributed by atoms with Crippen LogP contribution in [0.25, 0.3) is 99.5 Å². The van der Waals surface area contributed by atoms with E-state index < -0.39 is 0 Å². The smallest absolute Gasteiger partial charge is 0.0541 e. The van der Waals surface area contributed by atoms with Crippen LogP contribution in [0.5, 0.6) is 0 Å². The van der Waals surface area contributed by atoms with Gasteiger partial charge in [0.1, 0.15) is 0 Å². The summed E-state index contributed by atoms with van der Waals surface area (Å²) in [7, 11) is 0. The van der Waals surface area contributed by atoms with Crippen molar-refractivity contribution in [3.63, 3.8) is 0 Å². The third-order valence-corrected chi connectivity index (χ3v) is 13.7. The van der Waals surface area contributed by atoms with Crippen LogP contribution in [0.3, 0.4) is 0 Å². The van der Waals surface area contributed by atoms with E-state index in [0.29, 0.717) is 0 Å². The van der Waals surface area contributed by atoms with E-state index in [0.717, 1.165) is 34.0 Å². The first-order chi connectivity index (χ1) is 34.2. The van der Waals surface area contributed by atoms with Crippen molar-refractivity contribution in [2.75, 3.05) is 4.90 Å². The molecule has 13 rings (SSSR count). The lowest BCUT2D eigenvalue weighted by molar-refractivity contribution is 1.17. The zero-order valence-corrected chi connectivity index (χ0v) is 37.8. The Hall–Kier alpha value is -9.18. The second-order valence-electron chi connectivity index (χ2n) is 17.8. The minimum atomic E-state index is 1.08. The molecule has 0 amide bonds. The molecule has 0 atom stereocenters. The minimum absolute atomic E-state index is 1.08. The number of para-hydroxylation sites is 4. The zero-order valence-electron chi connectivity index (χ0n) is 37.8. The molecule has 2 aromatic heterocycles. The molecule has 3 nitrogen and oxygen atoms in total. The number of nitrogens with zero attached hydrogens (tertiary/aromatic N) is 3. The second kappa shape index (κ2) is 16.9. The van der Waals surface area contributed by atoms with Crippen molar-refractivity contribution in [1.82, 2.24) is 9.13 Å². The summed E-state index contributed by atoms with van der Waals surface area (Å²) >= 11 is 0. The highest BCUT2D eigenvalue weighted by molar-refractivity contribution is 6.11. The first-order valence-electron chi connectivity index (χ1n) is 23.7. The van der Waals surface area contributed by atoms with E-state index in [-0.39, 0.29) is 0 Å². The molecule has 0 unspecified atom stereocenters. The van der Waals surface area contributed by atoms with Gasteiger partial charge in [0.2, 0.25) is 0 Å². The van der Waals surface area contributed by atoms with Crippen molar-refractivity contribution >= 4 is 60.7 Å². The second-order valence-corrected chi connectivity index (χ2v) is 17.8. The zero-order chi connectivity index (χ0) is 45.7. The molecule has 0 saturated carbocycles. The summed E-state index contributed by atoms with van der Waals surface area (Å²) in [5, 5.41) is 5.00. The van der Waals surface area contributed by atoms with E-state index in [1.54, 1.807) is 0 Å². The predicted octanol–water partition coefficient (Wildman–Crippen LogP) is 18.0. The Morgan fingerprint density at radius 3 is 0.986 bits per heavy atom. The molecule has 0 aliphatic heterocycles. The summed E-state index contributed by atoms with van der Waals surface area (Å²) in [5.41, 5.74) is 19.8. The van der Waals surface area contributed by atoms with Gasteiger partial charge in [0.15, 0.2) is 0 Å². The normalized spacial score (nSPS) is 11.5. The van der Waals surface area contributed by atoms with Gasteiger partial charge in [-0.3, -0.25) is 0 Å². The van der Waals surface area contributed by atoms with E-state index in [1.165, 1.54) is 82.6 Å². The first kappa shape index (κ1) is 40.1. The molecular weight excluding hydrogens is 835 g/mol. The van der Waals surface area contributed by atoms with Gasteiger partial charge >= 0.3 is 0 Å². The molecule has 2 heterocycles. The van der Waals surface area contributed by atoms with Gasteiger partial charge in [-0.1, -0.05) is 164 Å². The fraction of sp³-hybridized carbons (Fsp3) is 0. The van der Waals surface area contributed by atoms with Crippen molar-refractivity contribution < 1.29 is 0 Å². The van der Waals surface area contributed by atoms with Crippen molar-refractivity contribution in [2.45, 2.75) is 0 Å². The van der Waals surface area contributed by atoms with Gasteiger partial charge in [0.25, 0.3) is 0 Å². The van der Waals surface area contributed by atoms with Crippen LogP contribution < -0.4 is 4.90 Å². The first-order valence-corrected chi connectivity index (χ1v) is 23.7. The Kier molecular flexibility index (Phi) is 9.84. The summed E-state index contributed by atoms with van der Waals surface area (Å²) < 4.78 is 4.75. The number of anilines is 3. The number of hydrogen-bond donors (Lipinski definition) is 0. The maximum Gasteiger partial charge on any atom is 0.0541 e. The standard InChI is InChI=1S/C66H45N3/c1-4-16-46(17-5-1)51-42-52(47-18-6-2-7-19-47)44-53(43-51)49-30-35-56(36-31-49)67(57-37-39-58(40-38-57)69-63-25-13-10-22-59(63)60-23-11-14-26-64(60)69)55-33-28-48(29-34-55)50-32-41-66-62(45-50)61-24-12-15-27-65(61)68(66)54-20-8-3-9-21-54/h1-45H. The summed E-state index contributed by atoms with van der Waals surface area (Å²) in [4.78, 5) is 2.37. The topological polar surface area (TPSA) is 13.1 Å². The van der Waals surface area contributed by atoms with Gasteiger partial charge in [-0.2, -0.15) is 0 Å². The molecule has 11 aromatic carbocycles. The summed E-state index contributed by atoms with van der Waals surface area (Å²) in [6.07, 6.45) is 0. The third kappa shape index (κ3) is 7.16. The summed E-state index contributed by atoms with van der Waals surface area (Å²) in [6, 6.07) is 99.1.